The molecule has 0 heterocycles. The van der Waals surface area contributed by atoms with E-state index in [1.54, 1.807) is 0 Å². The molecule has 0 aromatic rings. The topological polar surface area (TPSA) is 105 Å². The van der Waals surface area contributed by atoms with Gasteiger partial charge in [0.1, 0.15) is 13.2 Å². The highest BCUT2D eigenvalue weighted by Crippen LogP contribution is 2.43. The number of nitrogens with zero attached hydrogens (tertiary/aromatic N) is 1. The van der Waals surface area contributed by atoms with Gasteiger partial charge in [0.15, 0.2) is 0 Å². The van der Waals surface area contributed by atoms with E-state index in [2.05, 4.69) is 19.2 Å². The zero-order valence-electron chi connectivity index (χ0n) is 44.5. The number of hydrogen-bond donors (Lipinski definition) is 3. The lowest BCUT2D eigenvalue weighted by Gasteiger charge is -2.26. The SMILES string of the molecule is CCCCCCCCCCCCCCCCCCCCCCCCCCCCCCCCC(=O)NC(COP(=O)(O)OCC[N+](C)(C)C)C(O)CCCCCCCCCCCCCCC. The Hall–Kier alpha value is -0.500. The number of unbranched alkanes of at least 4 members (excludes halogenated alkanes) is 41. The van der Waals surface area contributed by atoms with Gasteiger partial charge in [0.25, 0.3) is 0 Å². The zero-order valence-corrected chi connectivity index (χ0v) is 45.4. The Balaban J connectivity index is 3.97. The summed E-state index contributed by atoms with van der Waals surface area (Å²) < 4.78 is 23.7. The monoisotopic (exact) mass is 944 g/mol. The molecule has 9 heteroatoms. The molecule has 3 unspecified atom stereocenters. The maximum absolute atomic E-state index is 13.0. The Kier molecular flexibility index (Phi) is 48.1. The van der Waals surface area contributed by atoms with Crippen molar-refractivity contribution in [3.05, 3.63) is 0 Å². The number of phosphoric acid groups is 1. The smallest absolute Gasteiger partial charge is 0.391 e. The van der Waals surface area contributed by atoms with Crippen molar-refractivity contribution in [3.8, 4) is 0 Å². The number of phosphoric ester groups is 1. The number of quaternary nitrogens is 1. The van der Waals surface area contributed by atoms with Crippen LogP contribution in [0.5, 0.6) is 0 Å². The molecule has 0 aliphatic carbocycles. The number of amides is 1. The normalized spacial score (nSPS) is 13.9. The first-order valence-electron chi connectivity index (χ1n) is 28.9. The van der Waals surface area contributed by atoms with Crippen LogP contribution in [0.15, 0.2) is 0 Å². The van der Waals surface area contributed by atoms with Gasteiger partial charge in [0.2, 0.25) is 5.91 Å². The van der Waals surface area contributed by atoms with Crippen LogP contribution in [0.3, 0.4) is 0 Å². The highest BCUT2D eigenvalue weighted by atomic mass is 31.2. The molecule has 0 aromatic carbocycles. The number of likely N-dealkylation sites (N-methyl/N-ethyl adjacent to an activating group) is 1. The number of nitrogens with one attached hydrogen (secondary N) is 1. The molecule has 65 heavy (non-hydrogen) atoms. The molecule has 1 amide bonds. The Morgan fingerprint density at radius 3 is 1.03 bits per heavy atom. The number of aliphatic hydroxyl groups excluding tert-OH is 1. The van der Waals surface area contributed by atoms with Crippen LogP contribution < -0.4 is 5.32 Å². The predicted molar refractivity (Wildman–Crippen MR) is 282 cm³/mol. The molecule has 0 saturated heterocycles. The largest absolute Gasteiger partial charge is 0.472 e. The molecule has 0 bridgehead atoms. The molecule has 8 nitrogen and oxygen atoms in total. The zero-order chi connectivity index (χ0) is 47.8. The van der Waals surface area contributed by atoms with Crippen LogP contribution in [-0.2, 0) is 18.4 Å². The summed E-state index contributed by atoms with van der Waals surface area (Å²) in [6, 6.07) is -0.754. The summed E-state index contributed by atoms with van der Waals surface area (Å²) >= 11 is 0. The second kappa shape index (κ2) is 48.5. The van der Waals surface area contributed by atoms with Crippen molar-refractivity contribution in [1.29, 1.82) is 0 Å². The Morgan fingerprint density at radius 1 is 0.462 bits per heavy atom. The highest BCUT2D eigenvalue weighted by Gasteiger charge is 2.28. The van der Waals surface area contributed by atoms with Crippen LogP contribution in [0, 0.1) is 0 Å². The van der Waals surface area contributed by atoms with Crippen LogP contribution >= 0.6 is 7.82 Å². The third-order valence-electron chi connectivity index (χ3n) is 13.6. The standard InChI is InChI=1S/C56H115N2O6P/c1-6-8-10-12-14-16-18-20-21-22-23-24-25-26-27-28-29-30-31-32-33-34-35-36-38-40-42-44-46-48-50-56(60)57-54(53-64-65(61,62)63-52-51-58(3,4)5)55(59)49-47-45-43-41-39-37-19-17-15-13-11-9-7-2/h54-55,59H,6-53H2,1-5H3,(H-,57,60,61,62)/p+1. The fourth-order valence-corrected chi connectivity index (χ4v) is 9.79. The first-order valence-corrected chi connectivity index (χ1v) is 30.4. The van der Waals surface area contributed by atoms with E-state index in [-0.39, 0.29) is 19.1 Å². The molecule has 0 saturated carbocycles. The molecule has 0 fully saturated rings. The van der Waals surface area contributed by atoms with E-state index in [9.17, 15) is 19.4 Å². The minimum atomic E-state index is -4.31. The van der Waals surface area contributed by atoms with E-state index in [1.165, 1.54) is 238 Å². The van der Waals surface area contributed by atoms with E-state index in [0.29, 0.717) is 23.9 Å². The molecule has 0 aliphatic rings. The summed E-state index contributed by atoms with van der Waals surface area (Å²) in [5.41, 5.74) is 0. The van der Waals surface area contributed by atoms with Crippen molar-refractivity contribution in [2.45, 2.75) is 315 Å². The van der Waals surface area contributed by atoms with Gasteiger partial charge in [-0.3, -0.25) is 13.8 Å². The van der Waals surface area contributed by atoms with Gasteiger partial charge in [0.05, 0.1) is 39.9 Å². The average Bonchev–Trinajstić information content (AvgIpc) is 3.26. The number of aliphatic hydroxyl groups is 1. The summed E-state index contributed by atoms with van der Waals surface area (Å²) in [5.74, 6) is -0.137. The number of carbonyl (C=O) groups excluding carboxylic acids is 1. The van der Waals surface area contributed by atoms with Gasteiger partial charge < -0.3 is 19.8 Å². The van der Waals surface area contributed by atoms with E-state index in [4.69, 9.17) is 9.05 Å². The number of rotatable bonds is 54. The van der Waals surface area contributed by atoms with Crippen LogP contribution in [0.1, 0.15) is 303 Å². The molecule has 0 aliphatic heterocycles. The first kappa shape index (κ1) is 64.5. The Bertz CT molecular complexity index is 1030. The predicted octanol–water partition coefficient (Wildman–Crippen LogP) is 17.3. The van der Waals surface area contributed by atoms with E-state index >= 15 is 0 Å². The maximum Gasteiger partial charge on any atom is 0.472 e. The Labute approximate surface area is 406 Å². The van der Waals surface area contributed by atoms with Crippen LogP contribution in [0.2, 0.25) is 0 Å². The summed E-state index contributed by atoms with van der Waals surface area (Å²) in [5, 5.41) is 14.0. The Morgan fingerprint density at radius 2 is 0.738 bits per heavy atom. The molecule has 3 N–H and O–H groups in total. The van der Waals surface area contributed by atoms with Crippen LogP contribution in [0.25, 0.3) is 0 Å². The van der Waals surface area contributed by atoms with Gasteiger partial charge in [-0.1, -0.05) is 284 Å². The van der Waals surface area contributed by atoms with Crippen LogP contribution in [-0.4, -0.2) is 73.4 Å². The van der Waals surface area contributed by atoms with E-state index in [0.717, 1.165) is 38.5 Å². The van der Waals surface area contributed by atoms with Crippen molar-refractivity contribution >= 4 is 13.7 Å². The maximum atomic E-state index is 13.0. The number of hydrogen-bond acceptors (Lipinski definition) is 5. The summed E-state index contributed by atoms with van der Waals surface area (Å²) in [6.07, 6.45) is 57.4. The molecule has 0 spiro atoms. The minimum absolute atomic E-state index is 0.0789. The summed E-state index contributed by atoms with van der Waals surface area (Å²) in [6.45, 7) is 4.93. The molecule has 0 rings (SSSR count). The lowest BCUT2D eigenvalue weighted by Crippen LogP contribution is -2.46. The highest BCUT2D eigenvalue weighted by molar-refractivity contribution is 7.47. The molecule has 390 valence electrons. The minimum Gasteiger partial charge on any atom is -0.391 e. The first-order chi connectivity index (χ1) is 31.5. The van der Waals surface area contributed by atoms with Gasteiger partial charge in [-0.2, -0.15) is 0 Å². The summed E-state index contributed by atoms with van der Waals surface area (Å²) in [7, 11) is 1.63. The second-order valence-corrected chi connectivity index (χ2v) is 22.8. The van der Waals surface area contributed by atoms with Gasteiger partial charge >= 0.3 is 7.82 Å². The molecule has 0 aromatic heterocycles. The fourth-order valence-electron chi connectivity index (χ4n) is 9.05. The van der Waals surface area contributed by atoms with Crippen molar-refractivity contribution in [1.82, 2.24) is 5.32 Å². The van der Waals surface area contributed by atoms with Crippen molar-refractivity contribution in [2.75, 3.05) is 40.9 Å². The van der Waals surface area contributed by atoms with Gasteiger partial charge in [-0.25, -0.2) is 4.57 Å². The van der Waals surface area contributed by atoms with Crippen LogP contribution in [0.4, 0.5) is 0 Å². The van der Waals surface area contributed by atoms with E-state index in [1.807, 2.05) is 21.1 Å². The van der Waals surface area contributed by atoms with Crippen molar-refractivity contribution < 1.29 is 32.9 Å². The van der Waals surface area contributed by atoms with Gasteiger partial charge in [-0.05, 0) is 12.8 Å². The quantitative estimate of drug-likeness (QED) is 0.0319. The third kappa shape index (κ3) is 51.2. The molecular formula is C56H116N2O6P+. The second-order valence-electron chi connectivity index (χ2n) is 21.4. The average molecular weight is 945 g/mol. The number of carbonyl (C=O) groups is 1. The van der Waals surface area contributed by atoms with E-state index < -0.39 is 20.0 Å². The summed E-state index contributed by atoms with van der Waals surface area (Å²) in [4.78, 5) is 23.3. The lowest BCUT2D eigenvalue weighted by atomic mass is 10.0. The van der Waals surface area contributed by atoms with Crippen molar-refractivity contribution in [3.63, 3.8) is 0 Å². The van der Waals surface area contributed by atoms with Gasteiger partial charge in [0, 0.05) is 6.42 Å². The molecular weight excluding hydrogens is 828 g/mol. The fraction of sp³-hybridized carbons (Fsp3) is 0.982. The van der Waals surface area contributed by atoms with Crippen molar-refractivity contribution in [2.24, 2.45) is 0 Å². The molecule has 3 atom stereocenters. The third-order valence-corrected chi connectivity index (χ3v) is 14.6. The molecule has 0 radical (unpaired) electrons. The van der Waals surface area contributed by atoms with Gasteiger partial charge in [-0.15, -0.1) is 0 Å². The lowest BCUT2D eigenvalue weighted by molar-refractivity contribution is -0.870.